The Bertz CT molecular complexity index is 1050. The van der Waals surface area contributed by atoms with Crippen LogP contribution < -0.4 is 5.32 Å². The first-order valence-corrected chi connectivity index (χ1v) is 11.5. The third-order valence-electron chi connectivity index (χ3n) is 7.26. The maximum atomic E-state index is 12.8. The number of fused-ring (bicyclic) bond motifs is 1. The molecular weight excluding hydrogens is 382 g/mol. The average molecular weight is 408 g/mol. The molecule has 0 unspecified atom stereocenters. The van der Waals surface area contributed by atoms with Crippen molar-refractivity contribution in [2.45, 2.75) is 51.9 Å². The van der Waals surface area contributed by atoms with E-state index in [0.717, 1.165) is 44.8 Å². The molecule has 1 amide bonds. The molecule has 1 N–H and O–H groups in total. The Kier molecular flexibility index (Phi) is 3.85. The number of hydrogen-bond donors (Lipinski definition) is 1. The Balaban J connectivity index is 1.14. The van der Waals surface area contributed by atoms with Crippen molar-refractivity contribution in [1.29, 1.82) is 0 Å². The molecule has 0 aliphatic heterocycles. The van der Waals surface area contributed by atoms with Crippen molar-refractivity contribution in [3.8, 4) is 10.6 Å². The molecule has 29 heavy (non-hydrogen) atoms. The summed E-state index contributed by atoms with van der Waals surface area (Å²) in [5.74, 6) is 3.61. The fourth-order valence-corrected chi connectivity index (χ4v) is 7.47. The summed E-state index contributed by atoms with van der Waals surface area (Å²) in [4.78, 5) is 13.6. The zero-order valence-corrected chi connectivity index (χ0v) is 17.4. The Hall–Kier alpha value is -2.28. The van der Waals surface area contributed by atoms with Gasteiger partial charge < -0.3 is 5.32 Å². The van der Waals surface area contributed by atoms with Crippen LogP contribution in [-0.4, -0.2) is 25.7 Å². The monoisotopic (exact) mass is 407 g/mol. The fraction of sp³-hybridized carbons (Fsp3) is 0.545. The Morgan fingerprint density at radius 3 is 2.38 bits per heavy atom. The molecule has 0 spiro atoms. The lowest BCUT2D eigenvalue weighted by Gasteiger charge is -2.56. The zero-order valence-electron chi connectivity index (χ0n) is 16.6. The third kappa shape index (κ3) is 3.06. The van der Waals surface area contributed by atoms with Crippen molar-refractivity contribution in [2.75, 3.05) is 5.32 Å². The molecule has 3 aromatic rings. The van der Waals surface area contributed by atoms with E-state index in [1.54, 1.807) is 4.52 Å². The lowest BCUT2D eigenvalue weighted by molar-refractivity contribution is -0.124. The molecule has 4 fully saturated rings. The lowest BCUT2D eigenvalue weighted by Crippen LogP contribution is -2.47. The van der Waals surface area contributed by atoms with Crippen LogP contribution >= 0.6 is 11.3 Å². The van der Waals surface area contributed by atoms with Crippen molar-refractivity contribution < 1.29 is 4.79 Å². The number of hydrogen-bond acceptors (Lipinski definition) is 5. The van der Waals surface area contributed by atoms with Gasteiger partial charge in [0.1, 0.15) is 5.01 Å². The SMILES string of the molecule is Cc1nnc2sc(-c3ccc(NC(=O)CC45CC6CC(CC(C6)C4)C5)cc3)nn12. The molecule has 2 heterocycles. The van der Waals surface area contributed by atoms with Gasteiger partial charge in [-0.05, 0) is 92.9 Å². The highest BCUT2D eigenvalue weighted by atomic mass is 32.1. The van der Waals surface area contributed by atoms with Gasteiger partial charge >= 0.3 is 0 Å². The highest BCUT2D eigenvalue weighted by Crippen LogP contribution is 2.61. The van der Waals surface area contributed by atoms with Gasteiger partial charge in [-0.25, -0.2) is 0 Å². The van der Waals surface area contributed by atoms with Gasteiger partial charge in [-0.2, -0.15) is 9.61 Å². The minimum Gasteiger partial charge on any atom is -0.326 e. The first-order chi connectivity index (χ1) is 14.1. The molecular formula is C22H25N5OS. The normalized spacial score (nSPS) is 30.2. The van der Waals surface area contributed by atoms with E-state index < -0.39 is 0 Å². The minimum absolute atomic E-state index is 0.175. The number of carbonyl (C=O) groups is 1. The van der Waals surface area contributed by atoms with E-state index in [1.165, 1.54) is 49.9 Å². The smallest absolute Gasteiger partial charge is 0.234 e. The van der Waals surface area contributed by atoms with E-state index in [-0.39, 0.29) is 11.3 Å². The predicted octanol–water partition coefficient (Wildman–Crippen LogP) is 4.71. The first kappa shape index (κ1) is 17.6. The molecule has 4 aliphatic carbocycles. The summed E-state index contributed by atoms with van der Waals surface area (Å²) in [6.45, 7) is 1.89. The fourth-order valence-electron chi connectivity index (χ4n) is 6.58. The van der Waals surface area contributed by atoms with Gasteiger partial charge in [-0.3, -0.25) is 4.79 Å². The van der Waals surface area contributed by atoms with Gasteiger partial charge in [0.15, 0.2) is 5.82 Å². The number of nitrogens with zero attached hydrogens (tertiary/aromatic N) is 4. The molecule has 4 aliphatic rings. The maximum absolute atomic E-state index is 12.8. The standard InChI is InChI=1S/C22H25N5OS/c1-13-24-25-21-27(13)26-20(29-21)17-2-4-18(5-3-17)23-19(28)12-22-9-14-6-15(10-22)8-16(7-14)11-22/h2-5,14-16H,6-12H2,1H3,(H,23,28). The summed E-state index contributed by atoms with van der Waals surface area (Å²) in [6.07, 6.45) is 8.75. The molecule has 0 radical (unpaired) electrons. The maximum Gasteiger partial charge on any atom is 0.234 e. The molecule has 0 saturated heterocycles. The van der Waals surface area contributed by atoms with Gasteiger partial charge in [-0.1, -0.05) is 11.3 Å². The van der Waals surface area contributed by atoms with Crippen LogP contribution in [0.4, 0.5) is 5.69 Å². The minimum atomic E-state index is 0.175. The molecule has 4 bridgehead atoms. The molecule has 2 aromatic heterocycles. The zero-order chi connectivity index (χ0) is 19.6. The second-order valence-corrected chi connectivity index (χ2v) is 10.5. The number of benzene rings is 1. The average Bonchev–Trinajstić information content (AvgIpc) is 3.23. The summed E-state index contributed by atoms with van der Waals surface area (Å²) in [7, 11) is 0. The van der Waals surface area contributed by atoms with E-state index in [2.05, 4.69) is 20.6 Å². The second kappa shape index (κ2) is 6.36. The van der Waals surface area contributed by atoms with Crippen molar-refractivity contribution >= 4 is 27.9 Å². The lowest BCUT2D eigenvalue weighted by atomic mass is 9.49. The van der Waals surface area contributed by atoms with Crippen LogP contribution in [-0.2, 0) is 4.79 Å². The van der Waals surface area contributed by atoms with Crippen molar-refractivity contribution in [2.24, 2.45) is 23.2 Å². The molecule has 150 valence electrons. The van der Waals surface area contributed by atoms with Gasteiger partial charge in [0.05, 0.1) is 0 Å². The van der Waals surface area contributed by atoms with E-state index in [0.29, 0.717) is 6.42 Å². The van der Waals surface area contributed by atoms with Gasteiger partial charge in [0.25, 0.3) is 0 Å². The molecule has 7 heteroatoms. The molecule has 1 aromatic carbocycles. The quantitative estimate of drug-likeness (QED) is 0.680. The summed E-state index contributed by atoms with van der Waals surface area (Å²) in [6, 6.07) is 7.98. The van der Waals surface area contributed by atoms with Gasteiger partial charge in [0.2, 0.25) is 10.9 Å². The predicted molar refractivity (Wildman–Crippen MR) is 113 cm³/mol. The van der Waals surface area contributed by atoms with Crippen molar-refractivity contribution in [1.82, 2.24) is 19.8 Å². The third-order valence-corrected chi connectivity index (χ3v) is 8.21. The number of aromatic nitrogens is 4. The number of nitrogens with one attached hydrogen (secondary N) is 1. The van der Waals surface area contributed by atoms with E-state index in [9.17, 15) is 4.79 Å². The van der Waals surface area contributed by atoms with Crippen LogP contribution in [0.5, 0.6) is 0 Å². The topological polar surface area (TPSA) is 72.2 Å². The van der Waals surface area contributed by atoms with Crippen LogP contribution in [0.15, 0.2) is 24.3 Å². The molecule has 6 nitrogen and oxygen atoms in total. The van der Waals surface area contributed by atoms with Crippen LogP contribution in [0.3, 0.4) is 0 Å². The first-order valence-electron chi connectivity index (χ1n) is 10.6. The number of amides is 1. The molecule has 4 saturated carbocycles. The Morgan fingerprint density at radius 2 is 1.76 bits per heavy atom. The summed E-state index contributed by atoms with van der Waals surface area (Å²) >= 11 is 1.52. The summed E-state index contributed by atoms with van der Waals surface area (Å²) < 4.78 is 1.77. The van der Waals surface area contributed by atoms with Crippen molar-refractivity contribution in [3.05, 3.63) is 30.1 Å². The van der Waals surface area contributed by atoms with Crippen LogP contribution in [0.2, 0.25) is 0 Å². The Labute approximate surface area is 173 Å². The highest BCUT2D eigenvalue weighted by Gasteiger charge is 2.51. The van der Waals surface area contributed by atoms with Gasteiger partial charge in [-0.15, -0.1) is 10.2 Å². The second-order valence-electron chi connectivity index (χ2n) is 9.57. The van der Waals surface area contributed by atoms with E-state index in [4.69, 9.17) is 0 Å². The Morgan fingerprint density at radius 1 is 1.10 bits per heavy atom. The number of carbonyl (C=O) groups excluding carboxylic acids is 1. The highest BCUT2D eigenvalue weighted by molar-refractivity contribution is 7.19. The number of aryl methyl sites for hydroxylation is 1. The summed E-state index contributed by atoms with van der Waals surface area (Å²) in [5.41, 5.74) is 2.17. The van der Waals surface area contributed by atoms with E-state index >= 15 is 0 Å². The summed E-state index contributed by atoms with van der Waals surface area (Å²) in [5, 5.41) is 16.8. The molecule has 7 rings (SSSR count). The van der Waals surface area contributed by atoms with Crippen LogP contribution in [0, 0.1) is 30.1 Å². The molecule has 0 atom stereocenters. The largest absolute Gasteiger partial charge is 0.326 e. The van der Waals surface area contributed by atoms with Gasteiger partial charge in [0, 0.05) is 17.7 Å². The van der Waals surface area contributed by atoms with Crippen LogP contribution in [0.25, 0.3) is 15.5 Å². The van der Waals surface area contributed by atoms with Crippen LogP contribution in [0.1, 0.15) is 50.8 Å². The number of anilines is 1. The van der Waals surface area contributed by atoms with E-state index in [1.807, 2.05) is 31.2 Å². The van der Waals surface area contributed by atoms with Crippen molar-refractivity contribution in [3.63, 3.8) is 0 Å². The number of rotatable bonds is 4.